The van der Waals surface area contributed by atoms with Crippen LogP contribution in [0.4, 0.5) is 0 Å². The third-order valence-electron chi connectivity index (χ3n) is 5.06. The molecule has 0 aliphatic carbocycles. The predicted octanol–water partition coefficient (Wildman–Crippen LogP) is 7.60. The van der Waals surface area contributed by atoms with Crippen LogP contribution < -0.4 is 9.47 Å². The Hall–Kier alpha value is -3.52. The van der Waals surface area contributed by atoms with Gasteiger partial charge in [-0.3, -0.25) is 0 Å². The van der Waals surface area contributed by atoms with Crippen molar-refractivity contribution in [2.24, 2.45) is 0 Å². The van der Waals surface area contributed by atoms with Crippen LogP contribution in [0, 0.1) is 0 Å². The van der Waals surface area contributed by atoms with E-state index in [2.05, 4.69) is 38.1 Å². The van der Waals surface area contributed by atoms with Gasteiger partial charge in [0.05, 0.1) is 0 Å². The van der Waals surface area contributed by atoms with E-state index in [1.54, 1.807) is 0 Å². The molecule has 0 aromatic heterocycles. The first kappa shape index (κ1) is 18.8. The summed E-state index contributed by atoms with van der Waals surface area (Å²) in [6, 6.07) is 36.2. The number of ether oxygens (including phenoxy) is 2. The van der Waals surface area contributed by atoms with Gasteiger partial charge < -0.3 is 9.47 Å². The third-order valence-corrected chi connectivity index (χ3v) is 5.06. The molecule has 4 aromatic rings. The summed E-state index contributed by atoms with van der Waals surface area (Å²) in [5.74, 6) is 3.34. The van der Waals surface area contributed by atoms with Crippen molar-refractivity contribution >= 4 is 0 Å². The molecule has 2 nitrogen and oxygen atoms in total. The van der Waals surface area contributed by atoms with Crippen LogP contribution in [-0.4, -0.2) is 0 Å². The predicted molar refractivity (Wildman–Crippen MR) is 118 cm³/mol. The summed E-state index contributed by atoms with van der Waals surface area (Å²) >= 11 is 0. The highest BCUT2D eigenvalue weighted by Crippen LogP contribution is 2.43. The molecule has 0 spiro atoms. The van der Waals surface area contributed by atoms with Crippen molar-refractivity contribution in [2.75, 3.05) is 0 Å². The molecule has 4 rings (SSSR count). The zero-order valence-corrected chi connectivity index (χ0v) is 16.7. The number of rotatable bonds is 6. The van der Waals surface area contributed by atoms with Gasteiger partial charge in [0.2, 0.25) is 0 Å². The average molecular weight is 380 g/mol. The minimum Gasteiger partial charge on any atom is -0.457 e. The van der Waals surface area contributed by atoms with E-state index in [4.69, 9.17) is 9.47 Å². The summed E-state index contributed by atoms with van der Waals surface area (Å²) in [4.78, 5) is 0. The molecular formula is C27H24O2. The molecule has 0 heterocycles. The van der Waals surface area contributed by atoms with Crippen LogP contribution in [0.5, 0.6) is 23.0 Å². The fraction of sp³-hybridized carbons (Fsp3) is 0.111. The zero-order valence-electron chi connectivity index (χ0n) is 16.7. The van der Waals surface area contributed by atoms with Gasteiger partial charge >= 0.3 is 0 Å². The van der Waals surface area contributed by atoms with Gasteiger partial charge in [-0.05, 0) is 36.4 Å². The number of hydrogen-bond acceptors (Lipinski definition) is 2. The second kappa shape index (κ2) is 8.24. The second-order valence-electron chi connectivity index (χ2n) is 7.45. The summed E-state index contributed by atoms with van der Waals surface area (Å²) in [5, 5.41) is 0. The summed E-state index contributed by atoms with van der Waals surface area (Å²) in [5.41, 5.74) is 1.89. The van der Waals surface area contributed by atoms with E-state index < -0.39 is 0 Å². The van der Waals surface area contributed by atoms with Crippen molar-refractivity contribution in [3.63, 3.8) is 0 Å². The Morgan fingerprint density at radius 3 is 1.21 bits per heavy atom. The molecule has 0 radical (unpaired) electrons. The quantitative estimate of drug-likeness (QED) is 0.343. The lowest BCUT2D eigenvalue weighted by molar-refractivity contribution is 0.445. The Morgan fingerprint density at radius 2 is 0.793 bits per heavy atom. The van der Waals surface area contributed by atoms with Gasteiger partial charge in [0.25, 0.3) is 0 Å². The Labute approximate surface area is 172 Å². The molecule has 0 saturated carbocycles. The minimum absolute atomic E-state index is 0.323. The van der Waals surface area contributed by atoms with Crippen LogP contribution in [0.25, 0.3) is 0 Å². The van der Waals surface area contributed by atoms with Crippen molar-refractivity contribution in [1.29, 1.82) is 0 Å². The monoisotopic (exact) mass is 380 g/mol. The first-order valence-electron chi connectivity index (χ1n) is 9.79. The van der Waals surface area contributed by atoms with E-state index in [1.165, 1.54) is 0 Å². The van der Waals surface area contributed by atoms with E-state index in [0.29, 0.717) is 0 Å². The first-order chi connectivity index (χ1) is 14.1. The molecule has 29 heavy (non-hydrogen) atoms. The fourth-order valence-electron chi connectivity index (χ4n) is 3.52. The minimum atomic E-state index is -0.323. The summed E-state index contributed by atoms with van der Waals surface area (Å²) < 4.78 is 12.5. The second-order valence-corrected chi connectivity index (χ2v) is 7.45. The van der Waals surface area contributed by atoms with Gasteiger partial charge in [-0.2, -0.15) is 0 Å². The van der Waals surface area contributed by atoms with E-state index >= 15 is 0 Å². The van der Waals surface area contributed by atoms with Crippen molar-refractivity contribution in [3.05, 3.63) is 120 Å². The average Bonchev–Trinajstić information content (AvgIpc) is 2.76. The lowest BCUT2D eigenvalue weighted by Gasteiger charge is -2.30. The fourth-order valence-corrected chi connectivity index (χ4v) is 3.52. The molecule has 0 aliphatic heterocycles. The van der Waals surface area contributed by atoms with Gasteiger partial charge in [-0.15, -0.1) is 0 Å². The number of para-hydroxylation sites is 4. The van der Waals surface area contributed by atoms with E-state index in [-0.39, 0.29) is 5.41 Å². The topological polar surface area (TPSA) is 18.5 Å². The molecule has 0 bridgehead atoms. The lowest BCUT2D eigenvalue weighted by Crippen LogP contribution is -2.20. The molecule has 144 valence electrons. The normalized spacial score (nSPS) is 11.1. The van der Waals surface area contributed by atoms with Gasteiger partial charge in [0, 0.05) is 16.5 Å². The van der Waals surface area contributed by atoms with Gasteiger partial charge in [-0.1, -0.05) is 86.6 Å². The summed E-state index contributed by atoms with van der Waals surface area (Å²) in [6.45, 7) is 4.40. The largest absolute Gasteiger partial charge is 0.457 e. The van der Waals surface area contributed by atoms with E-state index in [9.17, 15) is 0 Å². The molecule has 0 aliphatic rings. The third kappa shape index (κ3) is 4.17. The molecule has 0 saturated heterocycles. The number of hydrogen-bond donors (Lipinski definition) is 0. The highest BCUT2D eigenvalue weighted by Gasteiger charge is 2.30. The molecule has 0 N–H and O–H groups in total. The van der Waals surface area contributed by atoms with Crippen LogP contribution in [-0.2, 0) is 5.41 Å². The van der Waals surface area contributed by atoms with Gasteiger partial charge in [0.15, 0.2) is 0 Å². The maximum absolute atomic E-state index is 6.23. The molecule has 0 unspecified atom stereocenters. The Balaban J connectivity index is 1.73. The Bertz CT molecular complexity index is 983. The molecule has 2 heteroatoms. The Kier molecular flexibility index (Phi) is 5.35. The van der Waals surface area contributed by atoms with Crippen LogP contribution in [0.1, 0.15) is 25.0 Å². The van der Waals surface area contributed by atoms with E-state index in [0.717, 1.165) is 34.1 Å². The van der Waals surface area contributed by atoms with Crippen molar-refractivity contribution < 1.29 is 9.47 Å². The maximum atomic E-state index is 6.23. The molecule has 4 aromatic carbocycles. The lowest BCUT2D eigenvalue weighted by atomic mass is 9.77. The van der Waals surface area contributed by atoms with Crippen molar-refractivity contribution in [3.8, 4) is 23.0 Å². The molecular weight excluding hydrogens is 356 g/mol. The highest BCUT2D eigenvalue weighted by atomic mass is 16.5. The van der Waals surface area contributed by atoms with E-state index in [1.807, 2.05) is 84.9 Å². The van der Waals surface area contributed by atoms with Gasteiger partial charge in [-0.25, -0.2) is 0 Å². The van der Waals surface area contributed by atoms with Crippen molar-refractivity contribution in [1.82, 2.24) is 0 Å². The zero-order chi connectivity index (χ0) is 20.1. The molecule has 0 fully saturated rings. The molecule has 0 amide bonds. The van der Waals surface area contributed by atoms with Crippen LogP contribution in [0.2, 0.25) is 0 Å². The van der Waals surface area contributed by atoms with Crippen LogP contribution >= 0.6 is 0 Å². The van der Waals surface area contributed by atoms with Crippen molar-refractivity contribution in [2.45, 2.75) is 19.3 Å². The summed E-state index contributed by atoms with van der Waals surface area (Å²) in [6.07, 6.45) is 0. The van der Waals surface area contributed by atoms with Gasteiger partial charge in [0.1, 0.15) is 23.0 Å². The van der Waals surface area contributed by atoms with Crippen LogP contribution in [0.3, 0.4) is 0 Å². The standard InChI is InChI=1S/C27H24O2/c1-27(2,23-17-9-11-19-25(23)28-21-13-5-3-6-14-21)24-18-10-12-20-26(24)29-22-15-7-4-8-16-22/h3-20H,1-2H3. The SMILES string of the molecule is CC(C)(c1ccccc1Oc1ccccc1)c1ccccc1Oc1ccccc1. The first-order valence-corrected chi connectivity index (χ1v) is 9.79. The van der Waals surface area contributed by atoms with Crippen LogP contribution in [0.15, 0.2) is 109 Å². The molecule has 0 atom stereocenters. The highest BCUT2D eigenvalue weighted by molar-refractivity contribution is 5.52. The maximum Gasteiger partial charge on any atom is 0.131 e. The number of benzene rings is 4. The Morgan fingerprint density at radius 1 is 0.448 bits per heavy atom. The smallest absolute Gasteiger partial charge is 0.131 e. The summed E-state index contributed by atoms with van der Waals surface area (Å²) in [7, 11) is 0.